The van der Waals surface area contributed by atoms with Crippen LogP contribution in [0, 0.1) is 5.92 Å². The number of amides is 1. The molecule has 1 amide bonds. The van der Waals surface area contributed by atoms with Crippen LogP contribution in [0.15, 0.2) is 17.5 Å². The van der Waals surface area contributed by atoms with Crippen LogP contribution < -0.4 is 5.32 Å². The summed E-state index contributed by atoms with van der Waals surface area (Å²) in [6, 6.07) is 3.98. The molecule has 0 aliphatic rings. The van der Waals surface area contributed by atoms with Crippen molar-refractivity contribution in [2.45, 2.75) is 39.2 Å². The van der Waals surface area contributed by atoms with Crippen molar-refractivity contribution in [2.75, 3.05) is 6.61 Å². The van der Waals surface area contributed by atoms with E-state index in [-0.39, 0.29) is 24.5 Å². The van der Waals surface area contributed by atoms with Crippen LogP contribution in [-0.4, -0.2) is 23.7 Å². The molecule has 1 rings (SSSR count). The minimum atomic E-state index is -0.116. The van der Waals surface area contributed by atoms with Crippen LogP contribution in [0.5, 0.6) is 0 Å². The standard InChI is InChI=1S/C13H21NO2S/c1-9(2)11(6-7-15)14-13(16)10(3)12-5-4-8-17-12/h4-5,8-11,15H,6-7H2,1-3H3,(H,14,16). The van der Waals surface area contributed by atoms with Gasteiger partial charge in [0, 0.05) is 17.5 Å². The number of carbonyl (C=O) groups is 1. The van der Waals surface area contributed by atoms with E-state index in [2.05, 4.69) is 19.2 Å². The van der Waals surface area contributed by atoms with E-state index >= 15 is 0 Å². The van der Waals surface area contributed by atoms with Crippen molar-refractivity contribution in [1.82, 2.24) is 5.32 Å². The topological polar surface area (TPSA) is 49.3 Å². The molecule has 0 bridgehead atoms. The predicted octanol–water partition coefficient (Wildman–Crippen LogP) is 2.37. The van der Waals surface area contributed by atoms with E-state index in [1.807, 2.05) is 24.4 Å². The van der Waals surface area contributed by atoms with Crippen LogP contribution in [0.2, 0.25) is 0 Å². The van der Waals surface area contributed by atoms with E-state index in [9.17, 15) is 4.79 Å². The van der Waals surface area contributed by atoms with Crippen LogP contribution in [0.3, 0.4) is 0 Å². The number of hydrogen-bond acceptors (Lipinski definition) is 3. The van der Waals surface area contributed by atoms with Crippen molar-refractivity contribution in [3.63, 3.8) is 0 Å². The Morgan fingerprint density at radius 2 is 2.18 bits per heavy atom. The Kier molecular flexibility index (Phi) is 5.65. The van der Waals surface area contributed by atoms with Gasteiger partial charge < -0.3 is 10.4 Å². The second kappa shape index (κ2) is 6.77. The quantitative estimate of drug-likeness (QED) is 0.820. The fourth-order valence-electron chi connectivity index (χ4n) is 1.69. The minimum absolute atomic E-state index is 0.0413. The highest BCUT2D eigenvalue weighted by atomic mass is 32.1. The largest absolute Gasteiger partial charge is 0.396 e. The highest BCUT2D eigenvalue weighted by molar-refractivity contribution is 7.10. The number of hydrogen-bond donors (Lipinski definition) is 2. The lowest BCUT2D eigenvalue weighted by atomic mass is 10.00. The van der Waals surface area contributed by atoms with Gasteiger partial charge in [-0.2, -0.15) is 0 Å². The molecule has 0 radical (unpaired) electrons. The molecule has 0 saturated heterocycles. The van der Waals surface area contributed by atoms with Crippen molar-refractivity contribution >= 4 is 17.2 Å². The summed E-state index contributed by atoms with van der Waals surface area (Å²) < 4.78 is 0. The average molecular weight is 255 g/mol. The summed E-state index contributed by atoms with van der Waals surface area (Å²) >= 11 is 1.60. The third kappa shape index (κ3) is 4.13. The van der Waals surface area contributed by atoms with Crippen molar-refractivity contribution in [3.8, 4) is 0 Å². The summed E-state index contributed by atoms with van der Waals surface area (Å²) in [6.45, 7) is 6.13. The lowest BCUT2D eigenvalue weighted by Crippen LogP contribution is -2.41. The smallest absolute Gasteiger partial charge is 0.228 e. The molecule has 17 heavy (non-hydrogen) atoms. The van der Waals surface area contributed by atoms with Gasteiger partial charge in [0.25, 0.3) is 0 Å². The second-order valence-corrected chi connectivity index (χ2v) is 5.59. The van der Waals surface area contributed by atoms with Gasteiger partial charge in [0.05, 0.1) is 5.92 Å². The van der Waals surface area contributed by atoms with Crippen LogP contribution in [0.1, 0.15) is 38.0 Å². The van der Waals surface area contributed by atoms with E-state index in [1.54, 1.807) is 11.3 Å². The fourth-order valence-corrected chi connectivity index (χ4v) is 2.47. The summed E-state index contributed by atoms with van der Waals surface area (Å²) in [5.74, 6) is 0.260. The van der Waals surface area contributed by atoms with Gasteiger partial charge in [-0.05, 0) is 30.7 Å². The molecule has 1 aromatic rings. The highest BCUT2D eigenvalue weighted by Gasteiger charge is 2.21. The Bertz CT molecular complexity index is 335. The molecular weight excluding hydrogens is 234 g/mol. The molecule has 0 fully saturated rings. The number of aliphatic hydroxyl groups excluding tert-OH is 1. The Balaban J connectivity index is 2.58. The minimum Gasteiger partial charge on any atom is -0.396 e. The molecule has 2 unspecified atom stereocenters. The van der Waals surface area contributed by atoms with Crippen molar-refractivity contribution in [1.29, 1.82) is 0 Å². The fraction of sp³-hybridized carbons (Fsp3) is 0.615. The Morgan fingerprint density at radius 3 is 2.65 bits per heavy atom. The van der Waals surface area contributed by atoms with E-state index in [1.165, 1.54) is 0 Å². The Labute approximate surface area is 107 Å². The van der Waals surface area contributed by atoms with Gasteiger partial charge >= 0.3 is 0 Å². The molecule has 0 saturated carbocycles. The molecule has 0 aliphatic heterocycles. The summed E-state index contributed by atoms with van der Waals surface area (Å²) in [7, 11) is 0. The maximum atomic E-state index is 12.0. The zero-order valence-electron chi connectivity index (χ0n) is 10.6. The number of carbonyl (C=O) groups excluding carboxylic acids is 1. The van der Waals surface area contributed by atoms with Crippen LogP contribution in [0.4, 0.5) is 0 Å². The molecule has 3 nitrogen and oxygen atoms in total. The molecule has 0 spiro atoms. The molecule has 0 aliphatic carbocycles. The highest BCUT2D eigenvalue weighted by Crippen LogP contribution is 2.21. The normalized spacial score (nSPS) is 14.6. The van der Waals surface area contributed by atoms with Gasteiger partial charge in [-0.3, -0.25) is 4.79 Å². The van der Waals surface area contributed by atoms with Crippen molar-refractivity contribution < 1.29 is 9.90 Å². The second-order valence-electron chi connectivity index (χ2n) is 4.61. The summed E-state index contributed by atoms with van der Waals surface area (Å²) in [5, 5.41) is 14.0. The zero-order valence-corrected chi connectivity index (χ0v) is 11.5. The van der Waals surface area contributed by atoms with E-state index in [4.69, 9.17) is 5.11 Å². The summed E-state index contributed by atoms with van der Waals surface area (Å²) in [4.78, 5) is 13.1. The van der Waals surface area contributed by atoms with Crippen molar-refractivity contribution in [2.24, 2.45) is 5.92 Å². The van der Waals surface area contributed by atoms with Gasteiger partial charge in [-0.25, -0.2) is 0 Å². The Hall–Kier alpha value is -0.870. The molecular formula is C13H21NO2S. The van der Waals surface area contributed by atoms with Gasteiger partial charge in [-0.1, -0.05) is 19.9 Å². The number of aliphatic hydroxyl groups is 1. The predicted molar refractivity (Wildman–Crippen MR) is 71.2 cm³/mol. The lowest BCUT2D eigenvalue weighted by Gasteiger charge is -2.23. The average Bonchev–Trinajstić information content (AvgIpc) is 2.80. The summed E-state index contributed by atoms with van der Waals surface area (Å²) in [6.07, 6.45) is 0.612. The first-order chi connectivity index (χ1) is 8.06. The summed E-state index contributed by atoms with van der Waals surface area (Å²) in [5.41, 5.74) is 0. The lowest BCUT2D eigenvalue weighted by molar-refractivity contribution is -0.123. The zero-order chi connectivity index (χ0) is 12.8. The molecule has 1 heterocycles. The SMILES string of the molecule is CC(C(=O)NC(CCO)C(C)C)c1cccs1. The first kappa shape index (κ1) is 14.2. The molecule has 2 atom stereocenters. The third-order valence-electron chi connectivity index (χ3n) is 2.94. The van der Waals surface area contributed by atoms with E-state index in [0.29, 0.717) is 12.3 Å². The van der Waals surface area contributed by atoms with Gasteiger partial charge in [0.2, 0.25) is 5.91 Å². The molecule has 96 valence electrons. The van der Waals surface area contributed by atoms with Crippen LogP contribution >= 0.6 is 11.3 Å². The van der Waals surface area contributed by atoms with Gasteiger partial charge in [0.15, 0.2) is 0 Å². The first-order valence-corrected chi connectivity index (χ1v) is 6.88. The maximum Gasteiger partial charge on any atom is 0.228 e. The van der Waals surface area contributed by atoms with Gasteiger partial charge in [0.1, 0.15) is 0 Å². The Morgan fingerprint density at radius 1 is 1.47 bits per heavy atom. The van der Waals surface area contributed by atoms with E-state index < -0.39 is 0 Å². The van der Waals surface area contributed by atoms with E-state index in [0.717, 1.165) is 4.88 Å². The molecule has 2 N–H and O–H groups in total. The number of nitrogens with one attached hydrogen (secondary N) is 1. The first-order valence-electron chi connectivity index (χ1n) is 6.01. The van der Waals surface area contributed by atoms with Crippen molar-refractivity contribution in [3.05, 3.63) is 22.4 Å². The third-order valence-corrected chi connectivity index (χ3v) is 3.99. The van der Waals surface area contributed by atoms with Crippen LogP contribution in [-0.2, 0) is 4.79 Å². The molecule has 0 aromatic carbocycles. The number of thiophene rings is 1. The molecule has 4 heteroatoms. The molecule has 1 aromatic heterocycles. The van der Waals surface area contributed by atoms with Gasteiger partial charge in [-0.15, -0.1) is 11.3 Å². The number of rotatable bonds is 6. The maximum absolute atomic E-state index is 12.0. The monoisotopic (exact) mass is 255 g/mol. The van der Waals surface area contributed by atoms with Crippen LogP contribution in [0.25, 0.3) is 0 Å².